The first kappa shape index (κ1) is 7.54. The lowest BCUT2D eigenvalue weighted by Crippen LogP contribution is -2.57. The van der Waals surface area contributed by atoms with Crippen molar-refractivity contribution in [3.63, 3.8) is 0 Å². The van der Waals surface area contributed by atoms with Crippen LogP contribution in [0, 0.1) is 5.92 Å². The van der Waals surface area contributed by atoms with Gasteiger partial charge in [-0.25, -0.2) is 0 Å². The molecule has 10 heavy (non-hydrogen) atoms. The molecule has 1 aliphatic heterocycles. The summed E-state index contributed by atoms with van der Waals surface area (Å²) in [5.41, 5.74) is 0. The smallest absolute Gasteiger partial charge is 0.321 e. The van der Waals surface area contributed by atoms with Crippen LogP contribution >= 0.6 is 0 Å². The second-order valence-corrected chi connectivity index (χ2v) is 2.89. The van der Waals surface area contributed by atoms with Crippen LogP contribution in [0.3, 0.4) is 0 Å². The molecule has 1 aliphatic rings. The number of likely N-dealkylation sites (tertiary alicyclic amines) is 1. The molecule has 1 rings (SSSR count). The summed E-state index contributed by atoms with van der Waals surface area (Å²) in [5, 5.41) is 8.66. The molecule has 3 heteroatoms. The van der Waals surface area contributed by atoms with Crippen molar-refractivity contribution in [2.45, 2.75) is 19.4 Å². The lowest BCUT2D eigenvalue weighted by molar-refractivity contribution is -0.151. The Kier molecular flexibility index (Phi) is 1.94. The van der Waals surface area contributed by atoms with Crippen molar-refractivity contribution in [3.8, 4) is 0 Å². The van der Waals surface area contributed by atoms with E-state index in [1.807, 2.05) is 18.9 Å². The molecule has 1 N–H and O–H groups in total. The van der Waals surface area contributed by atoms with Crippen molar-refractivity contribution in [3.05, 3.63) is 0 Å². The molecule has 0 saturated carbocycles. The molecule has 0 aromatic heterocycles. The normalized spacial score (nSPS) is 33.4. The molecule has 1 fully saturated rings. The average molecular weight is 143 g/mol. The molecule has 0 radical (unpaired) electrons. The van der Waals surface area contributed by atoms with Crippen molar-refractivity contribution < 1.29 is 9.90 Å². The quantitative estimate of drug-likeness (QED) is 0.608. The number of hydrogen-bond donors (Lipinski definition) is 1. The largest absolute Gasteiger partial charge is 0.480 e. The van der Waals surface area contributed by atoms with Crippen molar-refractivity contribution in [1.29, 1.82) is 0 Å². The number of rotatable bonds is 2. The monoisotopic (exact) mass is 143 g/mol. The fourth-order valence-corrected chi connectivity index (χ4v) is 1.55. The van der Waals surface area contributed by atoms with Gasteiger partial charge in [0.25, 0.3) is 0 Å². The number of likely N-dealkylation sites (N-methyl/N-ethyl adjacent to an activating group) is 1. The van der Waals surface area contributed by atoms with Crippen LogP contribution in [0.5, 0.6) is 0 Å². The Labute approximate surface area is 60.6 Å². The second kappa shape index (κ2) is 2.58. The number of carboxylic acids is 1. The van der Waals surface area contributed by atoms with E-state index in [9.17, 15) is 4.79 Å². The fraction of sp³-hybridized carbons (Fsp3) is 0.857. The van der Waals surface area contributed by atoms with Gasteiger partial charge in [0, 0.05) is 6.54 Å². The van der Waals surface area contributed by atoms with Gasteiger partial charge in [0.15, 0.2) is 0 Å². The van der Waals surface area contributed by atoms with Crippen molar-refractivity contribution >= 4 is 5.97 Å². The van der Waals surface area contributed by atoms with Gasteiger partial charge in [-0.2, -0.15) is 0 Å². The van der Waals surface area contributed by atoms with Gasteiger partial charge in [-0.1, -0.05) is 13.3 Å². The van der Waals surface area contributed by atoms with Crippen LogP contribution < -0.4 is 0 Å². The number of hydrogen-bond acceptors (Lipinski definition) is 2. The molecule has 0 aromatic carbocycles. The van der Waals surface area contributed by atoms with E-state index in [2.05, 4.69) is 0 Å². The predicted molar refractivity (Wildman–Crippen MR) is 37.8 cm³/mol. The Bertz CT molecular complexity index is 147. The highest BCUT2D eigenvalue weighted by molar-refractivity contribution is 5.75. The minimum absolute atomic E-state index is 0.218. The summed E-state index contributed by atoms with van der Waals surface area (Å²) >= 11 is 0. The Morgan fingerprint density at radius 1 is 1.80 bits per heavy atom. The molecule has 0 amide bonds. The number of carbonyl (C=O) groups is 1. The summed E-state index contributed by atoms with van der Waals surface area (Å²) in [6, 6.07) is -0.218. The first-order valence-corrected chi connectivity index (χ1v) is 3.59. The Morgan fingerprint density at radius 2 is 2.40 bits per heavy atom. The van der Waals surface area contributed by atoms with Crippen LogP contribution in [0.4, 0.5) is 0 Å². The molecule has 1 unspecified atom stereocenters. The van der Waals surface area contributed by atoms with E-state index >= 15 is 0 Å². The zero-order valence-corrected chi connectivity index (χ0v) is 6.37. The Balaban J connectivity index is 2.48. The SMILES string of the molecule is CCC1CN(C)[C@@H]1C(=O)O. The molecule has 58 valence electrons. The van der Waals surface area contributed by atoms with E-state index in [4.69, 9.17) is 5.11 Å². The van der Waals surface area contributed by atoms with E-state index < -0.39 is 5.97 Å². The highest BCUT2D eigenvalue weighted by Gasteiger charge is 2.39. The molecule has 1 heterocycles. The zero-order valence-electron chi connectivity index (χ0n) is 6.37. The topological polar surface area (TPSA) is 40.5 Å². The summed E-state index contributed by atoms with van der Waals surface area (Å²) in [5.74, 6) is -0.303. The van der Waals surface area contributed by atoms with E-state index in [-0.39, 0.29) is 6.04 Å². The maximum absolute atomic E-state index is 10.5. The zero-order chi connectivity index (χ0) is 7.72. The van der Waals surface area contributed by atoms with Crippen LogP contribution in [0.1, 0.15) is 13.3 Å². The molecule has 0 aromatic rings. The fourth-order valence-electron chi connectivity index (χ4n) is 1.55. The van der Waals surface area contributed by atoms with Crippen LogP contribution in [0.15, 0.2) is 0 Å². The maximum Gasteiger partial charge on any atom is 0.321 e. The lowest BCUT2D eigenvalue weighted by Gasteiger charge is -2.42. The van der Waals surface area contributed by atoms with Gasteiger partial charge < -0.3 is 5.11 Å². The van der Waals surface area contributed by atoms with Crippen LogP contribution in [0.2, 0.25) is 0 Å². The van der Waals surface area contributed by atoms with Gasteiger partial charge in [-0.3, -0.25) is 9.69 Å². The number of aliphatic carboxylic acids is 1. The van der Waals surface area contributed by atoms with Crippen molar-refractivity contribution in [2.24, 2.45) is 5.92 Å². The minimum Gasteiger partial charge on any atom is -0.480 e. The summed E-state index contributed by atoms with van der Waals surface area (Å²) in [6.07, 6.45) is 0.974. The molecule has 0 spiro atoms. The molecule has 2 atom stereocenters. The van der Waals surface area contributed by atoms with E-state index in [0.717, 1.165) is 13.0 Å². The third kappa shape index (κ3) is 1.01. The van der Waals surface area contributed by atoms with Gasteiger partial charge in [0.1, 0.15) is 6.04 Å². The number of carboxylic acid groups (broad SMARTS) is 1. The lowest BCUT2D eigenvalue weighted by atomic mass is 9.87. The van der Waals surface area contributed by atoms with Crippen LogP contribution in [0.25, 0.3) is 0 Å². The molecule has 0 aliphatic carbocycles. The van der Waals surface area contributed by atoms with Gasteiger partial charge >= 0.3 is 5.97 Å². The third-order valence-corrected chi connectivity index (χ3v) is 2.22. The second-order valence-electron chi connectivity index (χ2n) is 2.89. The van der Waals surface area contributed by atoms with Crippen molar-refractivity contribution in [1.82, 2.24) is 4.90 Å². The maximum atomic E-state index is 10.5. The average Bonchev–Trinajstić information content (AvgIpc) is 1.80. The van der Waals surface area contributed by atoms with E-state index in [0.29, 0.717) is 5.92 Å². The van der Waals surface area contributed by atoms with Gasteiger partial charge in [0.05, 0.1) is 0 Å². The van der Waals surface area contributed by atoms with E-state index in [1.54, 1.807) is 0 Å². The highest BCUT2D eigenvalue weighted by atomic mass is 16.4. The van der Waals surface area contributed by atoms with Crippen LogP contribution in [-0.4, -0.2) is 35.6 Å². The van der Waals surface area contributed by atoms with Gasteiger partial charge in [-0.05, 0) is 13.0 Å². The van der Waals surface area contributed by atoms with Gasteiger partial charge in [0.2, 0.25) is 0 Å². The molecule has 1 saturated heterocycles. The highest BCUT2D eigenvalue weighted by Crippen LogP contribution is 2.25. The molecule has 0 bridgehead atoms. The summed E-state index contributed by atoms with van der Waals surface area (Å²) < 4.78 is 0. The Morgan fingerprint density at radius 3 is 2.60 bits per heavy atom. The summed E-state index contributed by atoms with van der Waals surface area (Å²) in [4.78, 5) is 12.4. The third-order valence-electron chi connectivity index (χ3n) is 2.22. The number of nitrogens with zero attached hydrogens (tertiary/aromatic N) is 1. The standard InChI is InChI=1S/C7H13NO2/c1-3-5-4-8(2)6(5)7(9)10/h5-6H,3-4H2,1-2H3,(H,9,10)/t5?,6-/m0/s1. The van der Waals surface area contributed by atoms with Gasteiger partial charge in [-0.15, -0.1) is 0 Å². The molecule has 3 nitrogen and oxygen atoms in total. The molecular weight excluding hydrogens is 130 g/mol. The summed E-state index contributed by atoms with van der Waals surface area (Å²) in [7, 11) is 1.85. The first-order valence-electron chi connectivity index (χ1n) is 3.59. The minimum atomic E-state index is -0.680. The summed E-state index contributed by atoms with van der Waals surface area (Å²) in [6.45, 7) is 2.97. The van der Waals surface area contributed by atoms with Crippen molar-refractivity contribution in [2.75, 3.05) is 13.6 Å². The molecular formula is C7H13NO2. The van der Waals surface area contributed by atoms with Crippen LogP contribution in [-0.2, 0) is 4.79 Å². The van der Waals surface area contributed by atoms with E-state index in [1.165, 1.54) is 0 Å². The Hall–Kier alpha value is -0.570. The first-order chi connectivity index (χ1) is 4.66. The predicted octanol–water partition coefficient (Wildman–Crippen LogP) is 0.411.